The van der Waals surface area contributed by atoms with Crippen molar-refractivity contribution in [1.82, 2.24) is 15.0 Å². The highest BCUT2D eigenvalue weighted by atomic mass is 19.1. The van der Waals surface area contributed by atoms with E-state index in [1.54, 1.807) is 17.0 Å². The lowest BCUT2D eigenvalue weighted by Crippen LogP contribution is -2.29. The third-order valence-corrected chi connectivity index (χ3v) is 3.32. The zero-order valence-electron chi connectivity index (χ0n) is 10.1. The zero-order chi connectivity index (χ0) is 13.2. The summed E-state index contributed by atoms with van der Waals surface area (Å²) in [6.07, 6.45) is 2.04. The number of nitrogens with zero attached hydrogens (tertiary/aromatic N) is 3. The largest absolute Gasteiger partial charge is 0.343 e. The number of hydrogen-bond donors (Lipinski definition) is 0. The van der Waals surface area contributed by atoms with Crippen LogP contribution in [0.1, 0.15) is 28.5 Å². The predicted molar refractivity (Wildman–Crippen MR) is 64.0 cm³/mol. The minimum atomic E-state index is -0.490. The molecule has 1 aliphatic rings. The molecule has 1 aliphatic heterocycles. The van der Waals surface area contributed by atoms with Crippen LogP contribution >= 0.6 is 0 Å². The summed E-state index contributed by atoms with van der Waals surface area (Å²) in [7, 11) is 0. The van der Waals surface area contributed by atoms with Gasteiger partial charge in [0.05, 0.1) is 5.56 Å². The number of hydrogen-bond acceptors (Lipinski definition) is 4. The van der Waals surface area contributed by atoms with Crippen molar-refractivity contribution in [2.24, 2.45) is 0 Å². The van der Waals surface area contributed by atoms with Gasteiger partial charge in [0, 0.05) is 19.0 Å². The molecule has 6 heteroatoms. The summed E-state index contributed by atoms with van der Waals surface area (Å²) in [6, 6.07) is 6.01. The number of rotatable bonds is 2. The maximum absolute atomic E-state index is 13.6. The number of halogens is 1. The number of aromatic nitrogens is 2. The highest BCUT2D eigenvalue weighted by Crippen LogP contribution is 2.26. The molecule has 5 nitrogen and oxygen atoms in total. The van der Waals surface area contributed by atoms with E-state index < -0.39 is 5.82 Å². The lowest BCUT2D eigenvalue weighted by molar-refractivity contribution is 0.0786. The quantitative estimate of drug-likeness (QED) is 0.827. The molecule has 0 radical (unpaired) electrons. The van der Waals surface area contributed by atoms with E-state index in [1.165, 1.54) is 18.5 Å². The van der Waals surface area contributed by atoms with Crippen LogP contribution in [0.15, 0.2) is 35.2 Å². The van der Waals surface area contributed by atoms with Gasteiger partial charge in [0.25, 0.3) is 5.91 Å². The molecule has 0 unspecified atom stereocenters. The molecule has 0 saturated carbocycles. The van der Waals surface area contributed by atoms with Crippen molar-refractivity contribution in [3.8, 4) is 0 Å². The second kappa shape index (κ2) is 4.79. The first-order chi connectivity index (χ1) is 9.25. The third kappa shape index (κ3) is 2.21. The van der Waals surface area contributed by atoms with Crippen LogP contribution in [0.2, 0.25) is 0 Å². The molecule has 2 aromatic rings. The van der Waals surface area contributed by atoms with Crippen LogP contribution in [0, 0.1) is 5.82 Å². The fourth-order valence-corrected chi connectivity index (χ4v) is 2.32. The Balaban J connectivity index is 1.75. The van der Waals surface area contributed by atoms with Gasteiger partial charge in [0.15, 0.2) is 5.82 Å². The first-order valence-electron chi connectivity index (χ1n) is 6.06. The lowest BCUT2D eigenvalue weighted by atomic mass is 10.1. The van der Waals surface area contributed by atoms with Gasteiger partial charge in [-0.2, -0.15) is 4.98 Å². The van der Waals surface area contributed by atoms with Crippen molar-refractivity contribution in [2.75, 3.05) is 13.1 Å². The zero-order valence-corrected chi connectivity index (χ0v) is 10.1. The highest BCUT2D eigenvalue weighted by molar-refractivity contribution is 5.94. The molecule has 1 atom stereocenters. The topological polar surface area (TPSA) is 59.2 Å². The minimum Gasteiger partial charge on any atom is -0.343 e. The summed E-state index contributed by atoms with van der Waals surface area (Å²) in [5.41, 5.74) is 0.108. The molecular weight excluding hydrogens is 249 g/mol. The summed E-state index contributed by atoms with van der Waals surface area (Å²) in [5, 5.41) is 3.78. The van der Waals surface area contributed by atoms with Crippen molar-refractivity contribution >= 4 is 5.91 Å². The number of likely N-dealkylation sites (tertiary alicyclic amines) is 1. The summed E-state index contributed by atoms with van der Waals surface area (Å²) in [5.74, 6) is -0.113. The van der Waals surface area contributed by atoms with Gasteiger partial charge in [-0.05, 0) is 18.6 Å². The predicted octanol–water partition coefficient (Wildman–Crippen LogP) is 1.84. The van der Waals surface area contributed by atoms with Gasteiger partial charge >= 0.3 is 0 Å². The molecule has 1 amide bonds. The van der Waals surface area contributed by atoms with Crippen LogP contribution < -0.4 is 0 Å². The summed E-state index contributed by atoms with van der Waals surface area (Å²) >= 11 is 0. The van der Waals surface area contributed by atoms with Crippen LogP contribution in [0.5, 0.6) is 0 Å². The Labute approximate surface area is 109 Å². The van der Waals surface area contributed by atoms with Crippen molar-refractivity contribution in [1.29, 1.82) is 0 Å². The Morgan fingerprint density at radius 2 is 2.26 bits per heavy atom. The standard InChI is InChI=1S/C13H12FN3O2/c14-11-4-2-1-3-10(11)13(18)17-6-5-9(7-17)12-15-8-19-16-12/h1-4,8-9H,5-7H2/t9-/m1/s1. The Morgan fingerprint density at radius 1 is 1.42 bits per heavy atom. The van der Waals surface area contributed by atoms with Crippen molar-refractivity contribution in [3.63, 3.8) is 0 Å². The second-order valence-electron chi connectivity index (χ2n) is 4.51. The van der Waals surface area contributed by atoms with Crippen molar-refractivity contribution in [2.45, 2.75) is 12.3 Å². The normalized spacial score (nSPS) is 18.8. The fourth-order valence-electron chi connectivity index (χ4n) is 2.32. The van der Waals surface area contributed by atoms with E-state index in [1.807, 2.05) is 0 Å². The minimum absolute atomic E-state index is 0.0643. The molecule has 19 heavy (non-hydrogen) atoms. The van der Waals surface area contributed by atoms with Gasteiger partial charge < -0.3 is 9.42 Å². The SMILES string of the molecule is O=C(c1ccccc1F)N1CC[C@@H](c2ncon2)C1. The summed E-state index contributed by atoms with van der Waals surface area (Å²) in [4.78, 5) is 17.8. The van der Waals surface area contributed by atoms with Crippen molar-refractivity contribution in [3.05, 3.63) is 47.9 Å². The molecule has 98 valence electrons. The highest BCUT2D eigenvalue weighted by Gasteiger charge is 2.31. The maximum Gasteiger partial charge on any atom is 0.256 e. The van der Waals surface area contributed by atoms with Crippen LogP contribution in [-0.2, 0) is 0 Å². The van der Waals surface area contributed by atoms with Crippen LogP contribution in [0.4, 0.5) is 4.39 Å². The van der Waals surface area contributed by atoms with Gasteiger partial charge in [0.2, 0.25) is 6.39 Å². The molecule has 0 N–H and O–H groups in total. The maximum atomic E-state index is 13.6. The van der Waals surface area contributed by atoms with Crippen LogP contribution in [0.25, 0.3) is 0 Å². The first kappa shape index (κ1) is 11.8. The Hall–Kier alpha value is -2.24. The second-order valence-corrected chi connectivity index (χ2v) is 4.51. The number of carbonyl (C=O) groups excluding carboxylic acids is 1. The Kier molecular flexibility index (Phi) is 2.98. The van der Waals surface area contributed by atoms with Gasteiger partial charge in [-0.15, -0.1) is 0 Å². The molecule has 0 bridgehead atoms. The average molecular weight is 261 g/mol. The Bertz CT molecular complexity index is 585. The van der Waals surface area contributed by atoms with Gasteiger partial charge in [-0.3, -0.25) is 4.79 Å². The smallest absolute Gasteiger partial charge is 0.256 e. The van der Waals surface area contributed by atoms with E-state index in [2.05, 4.69) is 10.1 Å². The van der Waals surface area contributed by atoms with E-state index in [0.717, 1.165) is 6.42 Å². The van der Waals surface area contributed by atoms with Crippen LogP contribution in [-0.4, -0.2) is 34.0 Å². The van der Waals surface area contributed by atoms with Gasteiger partial charge in [-0.25, -0.2) is 4.39 Å². The summed E-state index contributed by atoms with van der Waals surface area (Å²) < 4.78 is 18.3. The lowest BCUT2D eigenvalue weighted by Gasteiger charge is -2.16. The average Bonchev–Trinajstić information content (AvgIpc) is 3.09. The monoisotopic (exact) mass is 261 g/mol. The molecule has 2 heterocycles. The number of benzene rings is 1. The molecule has 0 spiro atoms. The molecular formula is C13H12FN3O2. The van der Waals surface area contributed by atoms with Crippen LogP contribution in [0.3, 0.4) is 0 Å². The molecule has 1 saturated heterocycles. The van der Waals surface area contributed by atoms with E-state index in [9.17, 15) is 9.18 Å². The number of carbonyl (C=O) groups is 1. The molecule has 3 rings (SSSR count). The molecule has 1 fully saturated rings. The van der Waals surface area contributed by atoms with E-state index in [-0.39, 0.29) is 17.4 Å². The fraction of sp³-hybridized carbons (Fsp3) is 0.308. The van der Waals surface area contributed by atoms with Crippen molar-refractivity contribution < 1.29 is 13.7 Å². The van der Waals surface area contributed by atoms with E-state index in [0.29, 0.717) is 18.9 Å². The first-order valence-corrected chi connectivity index (χ1v) is 6.06. The Morgan fingerprint density at radius 3 is 3.00 bits per heavy atom. The summed E-state index contributed by atoms with van der Waals surface area (Å²) in [6.45, 7) is 1.07. The van der Waals surface area contributed by atoms with Gasteiger partial charge in [-0.1, -0.05) is 17.3 Å². The molecule has 1 aromatic carbocycles. The molecule has 0 aliphatic carbocycles. The third-order valence-electron chi connectivity index (χ3n) is 3.32. The van der Waals surface area contributed by atoms with E-state index in [4.69, 9.17) is 4.52 Å². The van der Waals surface area contributed by atoms with Gasteiger partial charge in [0.1, 0.15) is 5.82 Å². The molecule has 1 aromatic heterocycles. The number of amides is 1. The van der Waals surface area contributed by atoms with E-state index >= 15 is 0 Å².